The van der Waals surface area contributed by atoms with Gasteiger partial charge in [-0.1, -0.05) is 19.9 Å². The van der Waals surface area contributed by atoms with E-state index in [1.165, 1.54) is 12.1 Å². The van der Waals surface area contributed by atoms with Gasteiger partial charge in [-0.25, -0.2) is 0 Å². The molecule has 0 heterocycles. The topological polar surface area (TPSA) is 70.0 Å². The Morgan fingerprint density at radius 1 is 1.30 bits per heavy atom. The van der Waals surface area contributed by atoms with Crippen molar-refractivity contribution in [2.75, 3.05) is 20.3 Å². The number of phenolic OH excluding ortho intramolecular Hbond substituents is 2. The molecular formula is C15H23NO4. The molecule has 1 rings (SSSR count). The standard InChI is InChI=1S/C15H23NO4/c1-4-11(5-2)16(9-10-20-3)15(19)12-7-6-8-13(17)14(12)18/h6-8,11,17-18H,4-5,9-10H2,1-3H3. The Kier molecular flexibility index (Phi) is 6.31. The van der Waals surface area contributed by atoms with Crippen molar-refractivity contribution in [3.63, 3.8) is 0 Å². The van der Waals surface area contributed by atoms with Crippen LogP contribution in [-0.4, -0.2) is 47.3 Å². The number of ether oxygens (including phenoxy) is 1. The number of amides is 1. The van der Waals surface area contributed by atoms with Gasteiger partial charge >= 0.3 is 0 Å². The number of aromatic hydroxyl groups is 2. The van der Waals surface area contributed by atoms with Gasteiger partial charge in [0.05, 0.1) is 12.2 Å². The summed E-state index contributed by atoms with van der Waals surface area (Å²) in [6.45, 7) is 4.92. The van der Waals surface area contributed by atoms with E-state index in [1.54, 1.807) is 18.1 Å². The summed E-state index contributed by atoms with van der Waals surface area (Å²) >= 11 is 0. The maximum absolute atomic E-state index is 12.6. The number of rotatable bonds is 7. The molecule has 2 N–H and O–H groups in total. The molecule has 0 spiro atoms. The van der Waals surface area contributed by atoms with Crippen molar-refractivity contribution < 1.29 is 19.7 Å². The Labute approximate surface area is 119 Å². The van der Waals surface area contributed by atoms with Crippen molar-refractivity contribution in [3.05, 3.63) is 23.8 Å². The summed E-state index contributed by atoms with van der Waals surface area (Å²) in [7, 11) is 1.58. The van der Waals surface area contributed by atoms with E-state index < -0.39 is 0 Å². The van der Waals surface area contributed by atoms with E-state index in [1.807, 2.05) is 13.8 Å². The van der Waals surface area contributed by atoms with Crippen molar-refractivity contribution in [3.8, 4) is 11.5 Å². The Balaban J connectivity index is 3.05. The average molecular weight is 281 g/mol. The lowest BCUT2D eigenvalue weighted by molar-refractivity contribution is 0.0586. The highest BCUT2D eigenvalue weighted by molar-refractivity contribution is 5.97. The van der Waals surface area contributed by atoms with Gasteiger partial charge in [0.1, 0.15) is 0 Å². The first kappa shape index (κ1) is 16.3. The zero-order valence-electron chi connectivity index (χ0n) is 12.3. The fourth-order valence-electron chi connectivity index (χ4n) is 2.23. The lowest BCUT2D eigenvalue weighted by Gasteiger charge is -2.30. The molecule has 5 heteroatoms. The molecule has 1 aromatic rings. The lowest BCUT2D eigenvalue weighted by atomic mass is 10.1. The van der Waals surface area contributed by atoms with Gasteiger partial charge in [-0.05, 0) is 25.0 Å². The average Bonchev–Trinajstić information content (AvgIpc) is 2.45. The molecule has 0 saturated carbocycles. The van der Waals surface area contributed by atoms with Crippen LogP contribution in [0.15, 0.2) is 18.2 Å². The van der Waals surface area contributed by atoms with Crippen molar-refractivity contribution >= 4 is 5.91 Å². The van der Waals surface area contributed by atoms with E-state index in [9.17, 15) is 15.0 Å². The number of para-hydroxylation sites is 1. The van der Waals surface area contributed by atoms with Crippen LogP contribution in [0.2, 0.25) is 0 Å². The fourth-order valence-corrected chi connectivity index (χ4v) is 2.23. The molecular weight excluding hydrogens is 258 g/mol. The van der Waals surface area contributed by atoms with Crippen LogP contribution < -0.4 is 0 Å². The molecule has 112 valence electrons. The van der Waals surface area contributed by atoms with Gasteiger partial charge in [-0.2, -0.15) is 0 Å². The Hall–Kier alpha value is -1.75. The zero-order chi connectivity index (χ0) is 15.1. The number of carbonyl (C=O) groups excluding carboxylic acids is 1. The SMILES string of the molecule is CCC(CC)N(CCOC)C(=O)c1cccc(O)c1O. The molecule has 0 radical (unpaired) electrons. The fraction of sp³-hybridized carbons (Fsp3) is 0.533. The predicted molar refractivity (Wildman–Crippen MR) is 77.1 cm³/mol. The predicted octanol–water partition coefficient (Wildman–Crippen LogP) is 2.38. The summed E-state index contributed by atoms with van der Waals surface area (Å²) in [6, 6.07) is 4.49. The molecule has 0 unspecified atom stereocenters. The lowest BCUT2D eigenvalue weighted by Crippen LogP contribution is -2.41. The molecule has 1 amide bonds. The minimum atomic E-state index is -0.370. The summed E-state index contributed by atoms with van der Waals surface area (Å²) in [4.78, 5) is 14.3. The van der Waals surface area contributed by atoms with Gasteiger partial charge in [0.15, 0.2) is 11.5 Å². The van der Waals surface area contributed by atoms with Crippen molar-refractivity contribution in [2.45, 2.75) is 32.7 Å². The summed E-state index contributed by atoms with van der Waals surface area (Å²) in [5.41, 5.74) is 0.119. The van der Waals surface area contributed by atoms with E-state index in [-0.39, 0.29) is 29.0 Å². The first-order valence-corrected chi connectivity index (χ1v) is 6.87. The van der Waals surface area contributed by atoms with Gasteiger partial charge < -0.3 is 19.8 Å². The molecule has 0 aliphatic carbocycles. The molecule has 20 heavy (non-hydrogen) atoms. The quantitative estimate of drug-likeness (QED) is 0.753. The Bertz CT molecular complexity index is 443. The van der Waals surface area contributed by atoms with Gasteiger partial charge in [0, 0.05) is 19.7 Å². The number of hydrogen-bond acceptors (Lipinski definition) is 4. The first-order chi connectivity index (χ1) is 9.56. The molecule has 0 bridgehead atoms. The molecule has 0 aliphatic rings. The second kappa shape index (κ2) is 7.75. The minimum Gasteiger partial charge on any atom is -0.504 e. The summed E-state index contributed by atoms with van der Waals surface area (Å²) in [5, 5.41) is 19.4. The summed E-state index contributed by atoms with van der Waals surface area (Å²) in [6.07, 6.45) is 1.65. The minimum absolute atomic E-state index is 0.0828. The molecule has 0 atom stereocenters. The van der Waals surface area contributed by atoms with Crippen molar-refractivity contribution in [1.29, 1.82) is 0 Å². The molecule has 0 aliphatic heterocycles. The van der Waals surface area contributed by atoms with Crippen LogP contribution >= 0.6 is 0 Å². The van der Waals surface area contributed by atoms with E-state index in [4.69, 9.17) is 4.74 Å². The largest absolute Gasteiger partial charge is 0.504 e. The second-order valence-electron chi connectivity index (χ2n) is 4.63. The van der Waals surface area contributed by atoms with Gasteiger partial charge in [-0.15, -0.1) is 0 Å². The number of methoxy groups -OCH3 is 1. The monoisotopic (exact) mass is 281 g/mol. The third-order valence-corrected chi connectivity index (χ3v) is 3.43. The van der Waals surface area contributed by atoms with Crippen LogP contribution in [0.4, 0.5) is 0 Å². The van der Waals surface area contributed by atoms with Crippen molar-refractivity contribution in [2.24, 2.45) is 0 Å². The molecule has 5 nitrogen and oxygen atoms in total. The van der Waals surface area contributed by atoms with Gasteiger partial charge in [-0.3, -0.25) is 4.79 Å². The molecule has 1 aromatic carbocycles. The first-order valence-electron chi connectivity index (χ1n) is 6.87. The van der Waals surface area contributed by atoms with Crippen molar-refractivity contribution in [1.82, 2.24) is 4.90 Å². The van der Waals surface area contributed by atoms with Crippen LogP contribution in [0.25, 0.3) is 0 Å². The number of benzene rings is 1. The highest BCUT2D eigenvalue weighted by Crippen LogP contribution is 2.29. The number of phenols is 2. The van der Waals surface area contributed by atoms with Crippen LogP contribution in [-0.2, 0) is 4.74 Å². The smallest absolute Gasteiger partial charge is 0.258 e. The third-order valence-electron chi connectivity index (χ3n) is 3.43. The second-order valence-corrected chi connectivity index (χ2v) is 4.63. The number of nitrogens with zero attached hydrogens (tertiary/aromatic N) is 1. The van der Waals surface area contributed by atoms with Gasteiger partial charge in [0.2, 0.25) is 0 Å². The maximum Gasteiger partial charge on any atom is 0.258 e. The Morgan fingerprint density at radius 3 is 2.50 bits per heavy atom. The Morgan fingerprint density at radius 2 is 1.95 bits per heavy atom. The van der Waals surface area contributed by atoms with Crippen LogP contribution in [0.5, 0.6) is 11.5 Å². The maximum atomic E-state index is 12.6. The van der Waals surface area contributed by atoms with Crippen LogP contribution in [0.3, 0.4) is 0 Å². The normalized spacial score (nSPS) is 10.8. The third kappa shape index (κ3) is 3.63. The molecule has 0 saturated heterocycles. The van der Waals surface area contributed by atoms with E-state index in [0.717, 1.165) is 12.8 Å². The summed E-state index contributed by atoms with van der Waals surface area (Å²) in [5.74, 6) is -0.942. The van der Waals surface area contributed by atoms with Gasteiger partial charge in [0.25, 0.3) is 5.91 Å². The van der Waals surface area contributed by atoms with E-state index in [0.29, 0.717) is 13.2 Å². The zero-order valence-corrected chi connectivity index (χ0v) is 12.3. The van der Waals surface area contributed by atoms with Crippen LogP contribution in [0.1, 0.15) is 37.0 Å². The highest BCUT2D eigenvalue weighted by atomic mass is 16.5. The van der Waals surface area contributed by atoms with E-state index >= 15 is 0 Å². The molecule has 0 aromatic heterocycles. The number of carbonyl (C=O) groups is 1. The number of hydrogen-bond donors (Lipinski definition) is 2. The van der Waals surface area contributed by atoms with E-state index in [2.05, 4.69) is 0 Å². The highest BCUT2D eigenvalue weighted by Gasteiger charge is 2.25. The summed E-state index contributed by atoms with van der Waals surface area (Å²) < 4.78 is 5.05. The molecule has 0 fully saturated rings. The van der Waals surface area contributed by atoms with Crippen LogP contribution in [0, 0.1) is 0 Å².